The maximum absolute atomic E-state index is 14.8. The van der Waals surface area contributed by atoms with E-state index in [1.807, 2.05) is 0 Å². The van der Waals surface area contributed by atoms with Gasteiger partial charge < -0.3 is 0 Å². The zero-order valence-corrected chi connectivity index (χ0v) is 18.6. The molecule has 0 bridgehead atoms. The van der Waals surface area contributed by atoms with Crippen molar-refractivity contribution in [1.29, 1.82) is 0 Å². The van der Waals surface area contributed by atoms with Gasteiger partial charge in [0.2, 0.25) is 0 Å². The monoisotopic (exact) mass is 550 g/mol. The van der Waals surface area contributed by atoms with Crippen LogP contribution in [0.15, 0.2) is 13.2 Å². The van der Waals surface area contributed by atoms with Gasteiger partial charge in [0, 0.05) is 27.3 Å². The summed E-state index contributed by atoms with van der Waals surface area (Å²) in [6.07, 6.45) is 0. The standard InChI is InChI=1S/C19H5BF13P.C2H4/c1-2-6(21)8(23)3(9(24)7(2)22)20(4-10(25)14(29)17(32)15(30)11(4)26)5-12(27)16(31)18(33)19(34)13(5)28;1-2/h34H2,1H3;1-2H2. The fraction of sp³-hybridized carbons (Fsp3) is 0.0476. The van der Waals surface area contributed by atoms with Gasteiger partial charge in [0.1, 0.15) is 5.82 Å². The third kappa shape index (κ3) is 4.25. The van der Waals surface area contributed by atoms with Crippen molar-refractivity contribution in [1.82, 2.24) is 0 Å². The highest BCUT2D eigenvalue weighted by Gasteiger charge is 2.44. The molecule has 0 aliphatic rings. The van der Waals surface area contributed by atoms with Crippen molar-refractivity contribution in [3.05, 3.63) is 94.3 Å². The van der Waals surface area contributed by atoms with E-state index in [4.69, 9.17) is 0 Å². The van der Waals surface area contributed by atoms with Crippen molar-refractivity contribution in [2.45, 2.75) is 6.92 Å². The molecule has 0 saturated heterocycles. The Morgan fingerprint density at radius 1 is 0.417 bits per heavy atom. The van der Waals surface area contributed by atoms with E-state index >= 15 is 0 Å². The summed E-state index contributed by atoms with van der Waals surface area (Å²) in [6.45, 7) is 2.91. The molecule has 1 atom stereocenters. The second kappa shape index (κ2) is 10.5. The Morgan fingerprint density at radius 3 is 1.03 bits per heavy atom. The van der Waals surface area contributed by atoms with Crippen molar-refractivity contribution < 1.29 is 57.1 Å². The fourth-order valence-electron chi connectivity index (χ4n) is 3.24. The lowest BCUT2D eigenvalue weighted by atomic mass is 9.36. The maximum Gasteiger partial charge on any atom is 0.264 e. The molecule has 3 aromatic carbocycles. The number of benzene rings is 3. The lowest BCUT2D eigenvalue weighted by Crippen LogP contribution is -2.61. The molecule has 3 rings (SSSR count). The van der Waals surface area contributed by atoms with E-state index in [2.05, 4.69) is 13.2 Å². The Hall–Kier alpha value is -3.02. The van der Waals surface area contributed by atoms with Crippen LogP contribution in [0.1, 0.15) is 5.56 Å². The number of halogens is 13. The van der Waals surface area contributed by atoms with Crippen molar-refractivity contribution in [3.63, 3.8) is 0 Å². The molecule has 0 aromatic heterocycles. The SMILES string of the molecule is C=C.Cc1c(F)c(F)c(B(c2c(F)c(F)c(F)c(F)c2F)c2c(F)c(F)c(F)c(P)c2F)c(F)c1F. The van der Waals surface area contributed by atoms with E-state index in [-0.39, 0.29) is 0 Å². The Labute approximate surface area is 196 Å². The van der Waals surface area contributed by atoms with Crippen molar-refractivity contribution >= 4 is 37.6 Å². The summed E-state index contributed by atoms with van der Waals surface area (Å²) in [6, 6.07) is 0. The van der Waals surface area contributed by atoms with Gasteiger partial charge in [0.05, 0.1) is 0 Å². The smallest absolute Gasteiger partial charge is 0.207 e. The molecule has 0 nitrogen and oxygen atoms in total. The molecule has 0 heterocycles. The van der Waals surface area contributed by atoms with E-state index in [9.17, 15) is 57.1 Å². The lowest BCUT2D eigenvalue weighted by molar-refractivity contribution is 0.384. The van der Waals surface area contributed by atoms with Crippen LogP contribution in [-0.4, -0.2) is 6.71 Å². The molecule has 36 heavy (non-hydrogen) atoms. The summed E-state index contributed by atoms with van der Waals surface area (Å²) in [7, 11) is 1.17. The highest BCUT2D eigenvalue weighted by Crippen LogP contribution is 2.22. The molecule has 0 amide bonds. The van der Waals surface area contributed by atoms with E-state index in [1.54, 1.807) is 0 Å². The fourth-order valence-corrected chi connectivity index (χ4v) is 3.53. The molecule has 1 unspecified atom stereocenters. The van der Waals surface area contributed by atoms with Crippen molar-refractivity contribution in [3.8, 4) is 0 Å². The van der Waals surface area contributed by atoms with Gasteiger partial charge in [-0.25, -0.2) is 57.1 Å². The normalized spacial score (nSPS) is 10.9. The van der Waals surface area contributed by atoms with Gasteiger partial charge in [0.25, 0.3) is 6.71 Å². The molecule has 0 spiro atoms. The zero-order valence-electron chi connectivity index (χ0n) is 17.5. The van der Waals surface area contributed by atoms with Gasteiger partial charge in [0.15, 0.2) is 69.8 Å². The summed E-state index contributed by atoms with van der Waals surface area (Å²) in [5, 5.41) is -1.53. The molecular formula is C21H9BF13P. The van der Waals surface area contributed by atoms with Crippen LogP contribution in [0, 0.1) is 82.5 Å². The lowest BCUT2D eigenvalue weighted by Gasteiger charge is -2.22. The van der Waals surface area contributed by atoms with Crippen LogP contribution in [0.4, 0.5) is 57.1 Å². The Kier molecular flexibility index (Phi) is 8.55. The summed E-state index contributed by atoms with van der Waals surface area (Å²) < 4.78 is 185. The van der Waals surface area contributed by atoms with Crippen LogP contribution < -0.4 is 21.7 Å². The van der Waals surface area contributed by atoms with Gasteiger partial charge in [-0.3, -0.25) is 0 Å². The van der Waals surface area contributed by atoms with Crippen LogP contribution in [0.5, 0.6) is 0 Å². The highest BCUT2D eigenvalue weighted by molar-refractivity contribution is 7.27. The quantitative estimate of drug-likeness (QED) is 0.112. The number of hydrogen-bond donors (Lipinski definition) is 0. The molecule has 0 saturated carbocycles. The first kappa shape index (κ1) is 29.2. The van der Waals surface area contributed by atoms with Crippen molar-refractivity contribution in [2.24, 2.45) is 0 Å². The van der Waals surface area contributed by atoms with Crippen molar-refractivity contribution in [2.75, 3.05) is 0 Å². The second-order valence-corrected chi connectivity index (χ2v) is 7.37. The molecule has 0 aliphatic carbocycles. The Bertz CT molecular complexity index is 1140. The first-order valence-electron chi connectivity index (χ1n) is 9.11. The van der Waals surface area contributed by atoms with Gasteiger partial charge >= 0.3 is 0 Å². The minimum absolute atomic E-state index is 0.480. The molecule has 0 N–H and O–H groups in total. The predicted molar refractivity (Wildman–Crippen MR) is 109 cm³/mol. The van der Waals surface area contributed by atoms with E-state index in [0.29, 0.717) is 6.92 Å². The van der Waals surface area contributed by atoms with E-state index in [1.165, 1.54) is 9.24 Å². The maximum atomic E-state index is 14.8. The average molecular weight is 550 g/mol. The summed E-state index contributed by atoms with van der Waals surface area (Å²) in [5.41, 5.74) is -8.25. The van der Waals surface area contributed by atoms with Crippen LogP contribution in [0.3, 0.4) is 0 Å². The van der Waals surface area contributed by atoms with Crippen LogP contribution in [-0.2, 0) is 0 Å². The summed E-state index contributed by atoms with van der Waals surface area (Å²) in [5.74, 6) is -33.7. The number of hydrogen-bond acceptors (Lipinski definition) is 0. The van der Waals surface area contributed by atoms with Gasteiger partial charge in [-0.15, -0.1) is 13.2 Å². The largest absolute Gasteiger partial charge is 0.264 e. The van der Waals surface area contributed by atoms with Crippen LogP contribution in [0.2, 0.25) is 0 Å². The molecule has 0 fully saturated rings. The molecule has 0 radical (unpaired) electrons. The summed E-state index contributed by atoms with van der Waals surface area (Å²) in [4.78, 5) is 0. The second-order valence-electron chi connectivity index (χ2n) is 6.79. The third-order valence-corrected chi connectivity index (χ3v) is 5.46. The van der Waals surface area contributed by atoms with Crippen LogP contribution in [0.25, 0.3) is 0 Å². The first-order valence-corrected chi connectivity index (χ1v) is 9.69. The minimum Gasteiger partial charge on any atom is -0.207 e. The molecule has 15 heteroatoms. The average Bonchev–Trinajstić information content (AvgIpc) is 2.87. The van der Waals surface area contributed by atoms with Crippen LogP contribution >= 0.6 is 9.24 Å². The molecule has 192 valence electrons. The topological polar surface area (TPSA) is 0 Å². The van der Waals surface area contributed by atoms with Gasteiger partial charge in [-0.05, 0) is 6.92 Å². The van der Waals surface area contributed by atoms with Gasteiger partial charge in [-0.1, -0.05) is 9.24 Å². The van der Waals surface area contributed by atoms with E-state index < -0.39 is 110 Å². The third-order valence-electron chi connectivity index (χ3n) is 4.96. The zero-order chi connectivity index (χ0) is 28.0. The predicted octanol–water partition coefficient (Wildman–Crippen LogP) is 4.62. The minimum atomic E-state index is -3.57. The molecular weight excluding hydrogens is 541 g/mol. The first-order chi connectivity index (χ1) is 16.7. The highest BCUT2D eigenvalue weighted by atomic mass is 31.0. The number of rotatable bonds is 3. The van der Waals surface area contributed by atoms with Gasteiger partial charge in [-0.2, -0.15) is 0 Å². The Balaban J connectivity index is 0.00000222. The Morgan fingerprint density at radius 2 is 0.667 bits per heavy atom. The summed E-state index contributed by atoms with van der Waals surface area (Å²) >= 11 is 0. The molecule has 0 aliphatic heterocycles. The van der Waals surface area contributed by atoms with E-state index in [0.717, 1.165) is 0 Å². The molecule has 3 aromatic rings.